The Morgan fingerprint density at radius 3 is 1.90 bits per heavy atom. The van der Waals surface area contributed by atoms with Crippen molar-refractivity contribution in [2.45, 2.75) is 18.7 Å². The Labute approximate surface area is 233 Å². The first-order chi connectivity index (χ1) is 19.4. The van der Waals surface area contributed by atoms with Crippen molar-refractivity contribution in [2.75, 3.05) is 4.31 Å². The fourth-order valence-corrected chi connectivity index (χ4v) is 5.61. The van der Waals surface area contributed by atoms with Crippen LogP contribution < -0.4 is 9.04 Å². The number of amides is 1. The minimum atomic E-state index is -4.54. The van der Waals surface area contributed by atoms with Gasteiger partial charge in [-0.25, -0.2) is 13.2 Å². The summed E-state index contributed by atoms with van der Waals surface area (Å²) in [5, 5.41) is 22.3. The first kappa shape index (κ1) is 28.6. The number of esters is 1. The van der Waals surface area contributed by atoms with Gasteiger partial charge in [0.1, 0.15) is 5.75 Å². The molecule has 0 unspecified atom stereocenters. The molecule has 12 nitrogen and oxygen atoms in total. The van der Waals surface area contributed by atoms with Crippen LogP contribution in [0.3, 0.4) is 0 Å². The minimum absolute atomic E-state index is 0.0304. The van der Waals surface area contributed by atoms with Crippen LogP contribution in [-0.2, 0) is 10.0 Å². The SMILES string of the molecule is Cc1ccc(C)c(S(=O)(=O)N(C(=O)c2cccc([N+](=O)[O-])c2)c2ccc(OC(=O)c3cccc([N+](=O)[O-])c3)cc2)c1. The number of sulfonamides is 1. The molecule has 0 aliphatic heterocycles. The lowest BCUT2D eigenvalue weighted by Gasteiger charge is -2.24. The molecule has 4 aromatic rings. The Morgan fingerprint density at radius 2 is 1.32 bits per heavy atom. The van der Waals surface area contributed by atoms with Crippen LogP contribution in [-0.4, -0.2) is 30.1 Å². The van der Waals surface area contributed by atoms with Crippen molar-refractivity contribution < 1.29 is 32.6 Å². The van der Waals surface area contributed by atoms with Gasteiger partial charge in [0.25, 0.3) is 27.3 Å². The van der Waals surface area contributed by atoms with Crippen LogP contribution in [0.2, 0.25) is 0 Å². The molecule has 0 spiro atoms. The van der Waals surface area contributed by atoms with Crippen LogP contribution in [0.5, 0.6) is 5.75 Å². The number of benzene rings is 4. The van der Waals surface area contributed by atoms with Crippen molar-refractivity contribution in [3.8, 4) is 5.75 Å². The standard InChI is InChI=1S/C28H21N3O9S/c1-18-9-10-19(2)26(15-18)41(38,39)29(27(32)20-5-3-7-23(16-20)30(34)35)22-11-13-25(14-12-22)40-28(33)21-6-4-8-24(17-21)31(36)37/h3-17H,1-2H3. The monoisotopic (exact) mass is 575 g/mol. The zero-order valence-electron chi connectivity index (χ0n) is 21.6. The van der Waals surface area contributed by atoms with Crippen molar-refractivity contribution in [1.29, 1.82) is 0 Å². The number of anilines is 1. The van der Waals surface area contributed by atoms with Gasteiger partial charge in [-0.15, -0.1) is 0 Å². The third-order valence-corrected chi connectivity index (χ3v) is 7.78. The van der Waals surface area contributed by atoms with Crippen molar-refractivity contribution in [3.05, 3.63) is 133 Å². The number of hydrogen-bond acceptors (Lipinski definition) is 9. The summed E-state index contributed by atoms with van der Waals surface area (Å²) in [6.07, 6.45) is 0. The van der Waals surface area contributed by atoms with Gasteiger partial charge in [0.2, 0.25) is 0 Å². The maximum absolute atomic E-state index is 13.9. The predicted molar refractivity (Wildman–Crippen MR) is 148 cm³/mol. The number of carbonyl (C=O) groups is 2. The van der Waals surface area contributed by atoms with E-state index < -0.39 is 37.4 Å². The third-order valence-electron chi connectivity index (χ3n) is 5.92. The molecule has 0 N–H and O–H groups in total. The first-order valence-corrected chi connectivity index (χ1v) is 13.3. The van der Waals surface area contributed by atoms with Crippen LogP contribution in [0.25, 0.3) is 0 Å². The highest BCUT2D eigenvalue weighted by Crippen LogP contribution is 2.31. The molecule has 4 aromatic carbocycles. The second-order valence-electron chi connectivity index (χ2n) is 8.84. The Morgan fingerprint density at radius 1 is 0.756 bits per heavy atom. The molecular weight excluding hydrogens is 554 g/mol. The molecular formula is C28H21N3O9S. The number of hydrogen-bond donors (Lipinski definition) is 0. The maximum atomic E-state index is 13.9. The summed E-state index contributed by atoms with van der Waals surface area (Å²) in [5.41, 5.74) is -0.157. The molecule has 0 bridgehead atoms. The van der Waals surface area contributed by atoms with Gasteiger partial charge in [-0.1, -0.05) is 24.3 Å². The van der Waals surface area contributed by atoms with E-state index in [1.807, 2.05) is 0 Å². The summed E-state index contributed by atoms with van der Waals surface area (Å²) in [6.45, 7) is 3.26. The van der Waals surface area contributed by atoms with E-state index in [1.165, 1.54) is 66.7 Å². The highest BCUT2D eigenvalue weighted by atomic mass is 32.2. The van der Waals surface area contributed by atoms with E-state index in [2.05, 4.69) is 0 Å². The number of carbonyl (C=O) groups excluding carboxylic acids is 2. The number of ether oxygens (including phenoxy) is 1. The summed E-state index contributed by atoms with van der Waals surface area (Å²) in [5.74, 6) is -1.97. The van der Waals surface area contributed by atoms with Gasteiger partial charge in [0.05, 0.1) is 26.0 Å². The molecule has 0 saturated heterocycles. The van der Waals surface area contributed by atoms with Gasteiger partial charge in [-0.05, 0) is 67.4 Å². The normalized spacial score (nSPS) is 11.0. The van der Waals surface area contributed by atoms with Crippen molar-refractivity contribution >= 4 is 39.0 Å². The van der Waals surface area contributed by atoms with Gasteiger partial charge in [0.15, 0.2) is 0 Å². The molecule has 13 heteroatoms. The van der Waals surface area contributed by atoms with E-state index in [4.69, 9.17) is 4.74 Å². The second-order valence-corrected chi connectivity index (χ2v) is 10.6. The average molecular weight is 576 g/mol. The zero-order valence-corrected chi connectivity index (χ0v) is 22.4. The van der Waals surface area contributed by atoms with Crippen LogP contribution in [0.15, 0.2) is 95.9 Å². The average Bonchev–Trinajstić information content (AvgIpc) is 2.95. The van der Waals surface area contributed by atoms with Crippen LogP contribution >= 0.6 is 0 Å². The molecule has 0 aliphatic carbocycles. The molecule has 0 fully saturated rings. The van der Waals surface area contributed by atoms with E-state index in [0.29, 0.717) is 15.4 Å². The molecule has 1 amide bonds. The molecule has 0 saturated carbocycles. The first-order valence-electron chi connectivity index (χ1n) is 11.9. The van der Waals surface area contributed by atoms with E-state index in [0.717, 1.165) is 12.1 Å². The highest BCUT2D eigenvalue weighted by molar-refractivity contribution is 7.93. The molecule has 4 rings (SSSR count). The topological polar surface area (TPSA) is 167 Å². The van der Waals surface area contributed by atoms with E-state index in [9.17, 15) is 38.2 Å². The number of non-ortho nitro benzene ring substituents is 2. The van der Waals surface area contributed by atoms with Gasteiger partial charge in [-0.3, -0.25) is 25.0 Å². The number of nitro benzene ring substituents is 2. The fourth-order valence-electron chi connectivity index (χ4n) is 3.88. The number of aryl methyl sites for hydroxylation is 2. The minimum Gasteiger partial charge on any atom is -0.423 e. The summed E-state index contributed by atoms with van der Waals surface area (Å²) in [6, 6.07) is 19.3. The molecule has 208 valence electrons. The Balaban J connectivity index is 1.74. The van der Waals surface area contributed by atoms with Gasteiger partial charge in [-0.2, -0.15) is 4.31 Å². The van der Waals surface area contributed by atoms with Crippen molar-refractivity contribution in [2.24, 2.45) is 0 Å². The number of nitrogens with zero attached hydrogens (tertiary/aromatic N) is 3. The lowest BCUT2D eigenvalue weighted by atomic mass is 10.2. The fraction of sp³-hybridized carbons (Fsp3) is 0.0714. The number of rotatable bonds is 8. The van der Waals surface area contributed by atoms with E-state index in [-0.39, 0.29) is 33.1 Å². The van der Waals surface area contributed by atoms with Gasteiger partial charge in [0, 0.05) is 29.8 Å². The molecule has 0 radical (unpaired) electrons. The smallest absolute Gasteiger partial charge is 0.343 e. The highest BCUT2D eigenvalue weighted by Gasteiger charge is 2.34. The largest absolute Gasteiger partial charge is 0.423 e. The molecule has 0 aromatic heterocycles. The molecule has 41 heavy (non-hydrogen) atoms. The van der Waals surface area contributed by atoms with Crippen LogP contribution in [0.1, 0.15) is 31.8 Å². The molecule has 0 aliphatic rings. The lowest BCUT2D eigenvalue weighted by molar-refractivity contribution is -0.385. The summed E-state index contributed by atoms with van der Waals surface area (Å²) < 4.78 is 33.6. The van der Waals surface area contributed by atoms with Crippen LogP contribution in [0.4, 0.5) is 17.1 Å². The van der Waals surface area contributed by atoms with Gasteiger partial charge >= 0.3 is 5.97 Å². The Kier molecular flexibility index (Phi) is 7.92. The number of nitro groups is 2. The summed E-state index contributed by atoms with van der Waals surface area (Å²) in [4.78, 5) is 47.0. The Hall–Kier alpha value is -5.43. The zero-order chi connectivity index (χ0) is 29.9. The quantitative estimate of drug-likeness (QED) is 0.116. The van der Waals surface area contributed by atoms with E-state index >= 15 is 0 Å². The van der Waals surface area contributed by atoms with Crippen LogP contribution in [0, 0.1) is 34.1 Å². The van der Waals surface area contributed by atoms with Gasteiger partial charge < -0.3 is 4.74 Å². The summed E-state index contributed by atoms with van der Waals surface area (Å²) in [7, 11) is -4.54. The second kappa shape index (κ2) is 11.4. The third kappa shape index (κ3) is 6.09. The lowest BCUT2D eigenvalue weighted by Crippen LogP contribution is -2.37. The Bertz CT molecular complexity index is 1800. The van der Waals surface area contributed by atoms with E-state index in [1.54, 1.807) is 26.0 Å². The predicted octanol–water partition coefficient (Wildman–Crippen LogP) is 5.37. The van der Waals surface area contributed by atoms with Crippen molar-refractivity contribution in [3.63, 3.8) is 0 Å². The molecule has 0 heterocycles. The maximum Gasteiger partial charge on any atom is 0.343 e. The van der Waals surface area contributed by atoms with Crippen molar-refractivity contribution in [1.82, 2.24) is 0 Å². The molecule has 0 atom stereocenters. The summed E-state index contributed by atoms with van der Waals surface area (Å²) >= 11 is 0.